The third-order valence-corrected chi connectivity index (χ3v) is 2.51. The maximum absolute atomic E-state index is 9.04. The van der Waals surface area contributed by atoms with Gasteiger partial charge < -0.3 is 5.11 Å². The smallest absolute Gasteiger partial charge is 0.0596 e. The number of hydrogen-bond donors (Lipinski definition) is 1. The molecule has 0 aromatic heterocycles. The highest BCUT2D eigenvalue weighted by molar-refractivity contribution is 5.05. The number of hydrogen-bond acceptors (Lipinski definition) is 1. The van der Waals surface area contributed by atoms with Crippen LogP contribution < -0.4 is 0 Å². The van der Waals surface area contributed by atoms with Gasteiger partial charge in [0.2, 0.25) is 0 Å². The van der Waals surface area contributed by atoms with E-state index < -0.39 is 0 Å². The van der Waals surface area contributed by atoms with Crippen LogP contribution in [-0.2, 0) is 0 Å². The minimum Gasteiger partial charge on any atom is -0.393 e. The predicted molar refractivity (Wildman–Crippen MR) is 26.9 cm³/mol. The molecule has 2 aliphatic carbocycles. The van der Waals surface area contributed by atoms with Crippen LogP contribution >= 0.6 is 0 Å². The van der Waals surface area contributed by atoms with Gasteiger partial charge in [0.15, 0.2) is 0 Å². The molecular formula is C6H10O. The summed E-state index contributed by atoms with van der Waals surface area (Å²) in [6.45, 7) is 0. The van der Waals surface area contributed by atoms with E-state index in [0.29, 0.717) is 5.41 Å². The van der Waals surface area contributed by atoms with E-state index in [1.807, 2.05) is 0 Å². The van der Waals surface area contributed by atoms with Crippen LogP contribution in [-0.4, -0.2) is 11.2 Å². The van der Waals surface area contributed by atoms with Crippen LogP contribution in [0.1, 0.15) is 25.7 Å². The van der Waals surface area contributed by atoms with E-state index in [4.69, 9.17) is 5.11 Å². The Kier molecular flexibility index (Phi) is 0.487. The Hall–Kier alpha value is -0.0400. The van der Waals surface area contributed by atoms with Crippen molar-refractivity contribution < 1.29 is 5.11 Å². The highest BCUT2D eigenvalue weighted by Crippen LogP contribution is 2.60. The molecule has 1 nitrogen and oxygen atoms in total. The minimum absolute atomic E-state index is 0.0903. The highest BCUT2D eigenvalue weighted by atomic mass is 16.3. The fourth-order valence-electron chi connectivity index (χ4n) is 1.43. The van der Waals surface area contributed by atoms with E-state index in [1.165, 1.54) is 19.3 Å². The molecule has 2 saturated carbocycles. The second-order valence-corrected chi connectivity index (χ2v) is 2.92. The van der Waals surface area contributed by atoms with Gasteiger partial charge in [0.05, 0.1) is 6.10 Å². The van der Waals surface area contributed by atoms with Crippen LogP contribution in [0.4, 0.5) is 0 Å². The van der Waals surface area contributed by atoms with Gasteiger partial charge in [-0.1, -0.05) is 0 Å². The van der Waals surface area contributed by atoms with E-state index in [2.05, 4.69) is 0 Å². The van der Waals surface area contributed by atoms with Gasteiger partial charge in [-0.25, -0.2) is 0 Å². The van der Waals surface area contributed by atoms with Crippen molar-refractivity contribution >= 4 is 0 Å². The zero-order chi connectivity index (χ0) is 4.91. The molecule has 1 spiro atoms. The number of aliphatic hydroxyl groups is 1. The zero-order valence-corrected chi connectivity index (χ0v) is 4.35. The first-order chi connectivity index (χ1) is 3.33. The van der Waals surface area contributed by atoms with Crippen molar-refractivity contribution in [3.63, 3.8) is 0 Å². The molecule has 0 bridgehead atoms. The Morgan fingerprint density at radius 3 is 2.00 bits per heavy atom. The Morgan fingerprint density at radius 2 is 2.00 bits per heavy atom. The molecule has 1 heteroatoms. The third-order valence-electron chi connectivity index (χ3n) is 2.51. The predicted octanol–water partition coefficient (Wildman–Crippen LogP) is 0.921. The largest absolute Gasteiger partial charge is 0.393 e. The third kappa shape index (κ3) is 0.325. The molecular weight excluding hydrogens is 88.1 g/mol. The van der Waals surface area contributed by atoms with Gasteiger partial charge in [0.1, 0.15) is 0 Å². The summed E-state index contributed by atoms with van der Waals surface area (Å²) in [5, 5.41) is 9.04. The summed E-state index contributed by atoms with van der Waals surface area (Å²) in [6.07, 6.45) is 5.06. The maximum atomic E-state index is 9.04. The molecule has 0 heterocycles. The van der Waals surface area contributed by atoms with Crippen LogP contribution in [0.25, 0.3) is 0 Å². The molecule has 1 unspecified atom stereocenters. The molecule has 0 aromatic carbocycles. The lowest BCUT2D eigenvalue weighted by Gasteiger charge is -2.32. The topological polar surface area (TPSA) is 20.2 Å². The Morgan fingerprint density at radius 1 is 1.29 bits per heavy atom. The van der Waals surface area contributed by atoms with Crippen molar-refractivity contribution in [1.29, 1.82) is 0 Å². The lowest BCUT2D eigenvalue weighted by molar-refractivity contribution is 0.00604. The van der Waals surface area contributed by atoms with Crippen LogP contribution in [0, 0.1) is 5.41 Å². The van der Waals surface area contributed by atoms with Crippen LogP contribution in [0.3, 0.4) is 0 Å². The van der Waals surface area contributed by atoms with Crippen molar-refractivity contribution in [2.75, 3.05) is 0 Å². The molecule has 40 valence electrons. The van der Waals surface area contributed by atoms with Gasteiger partial charge in [-0.2, -0.15) is 0 Å². The molecule has 0 aromatic rings. The van der Waals surface area contributed by atoms with E-state index in [1.54, 1.807) is 0 Å². The molecule has 2 fully saturated rings. The Balaban J connectivity index is 2.09. The average molecular weight is 98.1 g/mol. The second kappa shape index (κ2) is 0.873. The van der Waals surface area contributed by atoms with Crippen LogP contribution in [0.15, 0.2) is 0 Å². The molecule has 7 heavy (non-hydrogen) atoms. The lowest BCUT2D eigenvalue weighted by atomic mass is 9.79. The van der Waals surface area contributed by atoms with E-state index in [9.17, 15) is 0 Å². The van der Waals surface area contributed by atoms with E-state index in [-0.39, 0.29) is 6.10 Å². The first-order valence-corrected chi connectivity index (χ1v) is 3.02. The second-order valence-electron chi connectivity index (χ2n) is 2.92. The lowest BCUT2D eigenvalue weighted by Crippen LogP contribution is -2.32. The molecule has 1 N–H and O–H groups in total. The molecule has 2 aliphatic rings. The summed E-state index contributed by atoms with van der Waals surface area (Å²) in [7, 11) is 0. The van der Waals surface area contributed by atoms with Gasteiger partial charge >= 0.3 is 0 Å². The Labute approximate surface area is 43.3 Å². The number of rotatable bonds is 0. The van der Waals surface area contributed by atoms with Crippen molar-refractivity contribution in [2.24, 2.45) is 5.41 Å². The van der Waals surface area contributed by atoms with Gasteiger partial charge in [-0.3, -0.25) is 0 Å². The standard InChI is InChI=1S/C6H10O/c7-5-1-2-6(5)3-4-6/h5,7H,1-4H2. The van der Waals surface area contributed by atoms with Crippen molar-refractivity contribution in [1.82, 2.24) is 0 Å². The van der Waals surface area contributed by atoms with Gasteiger partial charge in [0.25, 0.3) is 0 Å². The molecule has 0 aliphatic heterocycles. The fraction of sp³-hybridized carbons (Fsp3) is 1.00. The molecule has 0 amide bonds. The summed E-state index contributed by atoms with van der Waals surface area (Å²) in [6, 6.07) is 0. The summed E-state index contributed by atoms with van der Waals surface area (Å²) in [4.78, 5) is 0. The van der Waals surface area contributed by atoms with E-state index >= 15 is 0 Å². The van der Waals surface area contributed by atoms with Gasteiger partial charge in [-0.05, 0) is 31.1 Å². The first kappa shape index (κ1) is 3.90. The van der Waals surface area contributed by atoms with Crippen molar-refractivity contribution in [2.45, 2.75) is 31.8 Å². The normalized spacial score (nSPS) is 43.3. The average Bonchev–Trinajstić information content (AvgIpc) is 2.40. The highest BCUT2D eigenvalue weighted by Gasteiger charge is 2.54. The first-order valence-electron chi connectivity index (χ1n) is 3.02. The van der Waals surface area contributed by atoms with Crippen LogP contribution in [0.5, 0.6) is 0 Å². The zero-order valence-electron chi connectivity index (χ0n) is 4.35. The molecule has 0 saturated heterocycles. The molecule has 2 rings (SSSR count). The summed E-state index contributed by atoms with van der Waals surface area (Å²) in [5.74, 6) is 0. The minimum atomic E-state index is 0.0903. The van der Waals surface area contributed by atoms with Gasteiger partial charge in [0, 0.05) is 0 Å². The summed E-state index contributed by atoms with van der Waals surface area (Å²) >= 11 is 0. The maximum Gasteiger partial charge on any atom is 0.0596 e. The summed E-state index contributed by atoms with van der Waals surface area (Å²) in [5.41, 5.74) is 0.486. The monoisotopic (exact) mass is 98.1 g/mol. The Bertz CT molecular complexity index is 94.4. The quantitative estimate of drug-likeness (QED) is 0.477. The van der Waals surface area contributed by atoms with Crippen LogP contribution in [0.2, 0.25) is 0 Å². The molecule has 0 radical (unpaired) electrons. The van der Waals surface area contributed by atoms with Crippen molar-refractivity contribution in [3.05, 3.63) is 0 Å². The fourth-order valence-corrected chi connectivity index (χ4v) is 1.43. The van der Waals surface area contributed by atoms with Crippen molar-refractivity contribution in [3.8, 4) is 0 Å². The van der Waals surface area contributed by atoms with E-state index in [0.717, 1.165) is 6.42 Å². The molecule has 1 atom stereocenters. The SMILES string of the molecule is OC1CCC12CC2. The van der Waals surface area contributed by atoms with Gasteiger partial charge in [-0.15, -0.1) is 0 Å². The number of aliphatic hydroxyl groups excluding tert-OH is 1. The summed E-state index contributed by atoms with van der Waals surface area (Å²) < 4.78 is 0.